The van der Waals surface area contributed by atoms with Crippen LogP contribution in [0.15, 0.2) is 0 Å². The van der Waals surface area contributed by atoms with E-state index in [-0.39, 0.29) is 27.5 Å². The van der Waals surface area contributed by atoms with Crippen molar-refractivity contribution >= 4 is 91.2 Å². The largest absolute Gasteiger partial charge is 0.394 e. The molecule has 0 saturated carbocycles. The summed E-state index contributed by atoms with van der Waals surface area (Å²) < 4.78 is 22.0. The van der Waals surface area contributed by atoms with E-state index in [4.69, 9.17) is 4.11 Å². The average Bonchev–Trinajstić information content (AvgIpc) is 2.77. The lowest BCUT2D eigenvalue weighted by Crippen LogP contribution is -2.42. The predicted octanol–water partition coefficient (Wildman–Crippen LogP) is -1.01. The number of carbonyl (C=O) groups excluding carboxylic acids is 3. The lowest BCUT2D eigenvalue weighted by molar-refractivity contribution is -0.123. The summed E-state index contributed by atoms with van der Waals surface area (Å²) in [5.74, 6) is -2.94. The van der Waals surface area contributed by atoms with E-state index >= 15 is 0 Å². The summed E-state index contributed by atoms with van der Waals surface area (Å²) in [7, 11) is 0. The van der Waals surface area contributed by atoms with Crippen LogP contribution in [0.25, 0.3) is 0 Å². The third kappa shape index (κ3) is 7.30. The van der Waals surface area contributed by atoms with Gasteiger partial charge in [-0.25, -0.2) is 0 Å². The van der Waals surface area contributed by atoms with Gasteiger partial charge < -0.3 is 41.5 Å². The SMILES string of the molecule is [2H]C([2H])([2H])[C@@H](O)C(=O)Nc1c(I)c(C(=O)NC(CO)CO)c(I)c(C(=O)NC(CO)CO)c1I. The Kier molecular flexibility index (Phi) is 10.2. The number of amides is 3. The van der Waals surface area contributed by atoms with Crippen LogP contribution in [0.5, 0.6) is 0 Å². The molecule has 0 aromatic heterocycles. The highest BCUT2D eigenvalue weighted by Crippen LogP contribution is 2.36. The minimum atomic E-state index is -3.03. The second-order valence-electron chi connectivity index (χ2n) is 6.03. The maximum atomic E-state index is 13.0. The van der Waals surface area contributed by atoms with Crippen molar-refractivity contribution in [3.8, 4) is 0 Å². The van der Waals surface area contributed by atoms with Gasteiger partial charge in [0.1, 0.15) is 6.10 Å². The topological polar surface area (TPSA) is 188 Å². The van der Waals surface area contributed by atoms with Crippen molar-refractivity contribution in [2.24, 2.45) is 0 Å². The van der Waals surface area contributed by atoms with Gasteiger partial charge in [-0.3, -0.25) is 14.4 Å². The normalized spacial score (nSPS) is 13.9. The zero-order chi connectivity index (χ0) is 26.4. The van der Waals surface area contributed by atoms with E-state index in [0.29, 0.717) is 0 Å². The molecular formula is C17H22I3N3O8. The Balaban J connectivity index is 3.71. The Morgan fingerprint density at radius 3 is 1.55 bits per heavy atom. The van der Waals surface area contributed by atoms with Crippen molar-refractivity contribution in [2.45, 2.75) is 25.0 Å². The van der Waals surface area contributed by atoms with Crippen molar-refractivity contribution in [2.75, 3.05) is 31.7 Å². The zero-order valence-electron chi connectivity index (χ0n) is 18.7. The summed E-state index contributed by atoms with van der Waals surface area (Å²) in [4.78, 5) is 38.3. The number of aliphatic hydroxyl groups excluding tert-OH is 5. The molecule has 0 fully saturated rings. The molecule has 1 aromatic rings. The Morgan fingerprint density at radius 2 is 1.23 bits per heavy atom. The van der Waals surface area contributed by atoms with E-state index in [1.165, 1.54) is 0 Å². The summed E-state index contributed by atoms with van der Waals surface area (Å²) in [5.41, 5.74) is -0.414. The molecule has 0 spiro atoms. The number of rotatable bonds is 10. The molecular weight excluding hydrogens is 755 g/mol. The number of anilines is 1. The van der Waals surface area contributed by atoms with Gasteiger partial charge in [0.2, 0.25) is 0 Å². The third-order valence-corrected chi connectivity index (χ3v) is 7.06. The monoisotopic (exact) mass is 780 g/mol. The first-order valence-corrected chi connectivity index (χ1v) is 11.7. The Hall–Kier alpha value is -0.380. The second-order valence-corrected chi connectivity index (χ2v) is 9.27. The highest BCUT2D eigenvalue weighted by atomic mass is 127. The molecule has 0 radical (unpaired) electrons. The van der Waals surface area contributed by atoms with Gasteiger partial charge in [0.15, 0.2) is 0 Å². The maximum Gasteiger partial charge on any atom is 0.253 e. The van der Waals surface area contributed by atoms with Gasteiger partial charge in [0, 0.05) is 7.68 Å². The maximum absolute atomic E-state index is 13.0. The van der Waals surface area contributed by atoms with Crippen molar-refractivity contribution in [3.63, 3.8) is 0 Å². The quantitative estimate of drug-likeness (QED) is 0.139. The van der Waals surface area contributed by atoms with Crippen LogP contribution in [0.1, 0.15) is 31.7 Å². The molecule has 0 aliphatic rings. The van der Waals surface area contributed by atoms with Crippen LogP contribution in [0.4, 0.5) is 5.69 Å². The lowest BCUT2D eigenvalue weighted by atomic mass is 10.1. The van der Waals surface area contributed by atoms with Crippen LogP contribution in [0.3, 0.4) is 0 Å². The molecule has 1 atom stereocenters. The van der Waals surface area contributed by atoms with E-state index in [2.05, 4.69) is 16.0 Å². The molecule has 0 aliphatic carbocycles. The minimum absolute atomic E-state index is 0.0852. The third-order valence-electron chi connectivity index (χ3n) is 3.82. The highest BCUT2D eigenvalue weighted by molar-refractivity contribution is 14.1. The van der Waals surface area contributed by atoms with Gasteiger partial charge in [0.05, 0.1) is 62.5 Å². The number of halogens is 3. The van der Waals surface area contributed by atoms with Crippen molar-refractivity contribution < 1.29 is 44.0 Å². The lowest BCUT2D eigenvalue weighted by Gasteiger charge is -2.22. The zero-order valence-corrected chi connectivity index (χ0v) is 22.1. The molecule has 0 aliphatic heterocycles. The van der Waals surface area contributed by atoms with Gasteiger partial charge in [-0.2, -0.15) is 0 Å². The fourth-order valence-electron chi connectivity index (χ4n) is 2.18. The predicted molar refractivity (Wildman–Crippen MR) is 136 cm³/mol. The molecule has 3 amide bonds. The van der Waals surface area contributed by atoms with Crippen molar-refractivity contribution in [1.29, 1.82) is 0 Å². The van der Waals surface area contributed by atoms with Crippen LogP contribution in [-0.4, -0.2) is 87.9 Å². The van der Waals surface area contributed by atoms with Crippen LogP contribution in [0, 0.1) is 10.7 Å². The molecule has 8 N–H and O–H groups in total. The molecule has 0 unspecified atom stereocenters. The first-order valence-electron chi connectivity index (χ1n) is 9.99. The minimum Gasteiger partial charge on any atom is -0.394 e. The molecule has 0 bridgehead atoms. The summed E-state index contributed by atoms with van der Waals surface area (Å²) >= 11 is 5.09. The van der Waals surface area contributed by atoms with Crippen LogP contribution in [0.2, 0.25) is 0 Å². The molecule has 11 nitrogen and oxygen atoms in total. The van der Waals surface area contributed by atoms with Gasteiger partial charge in [0.25, 0.3) is 17.7 Å². The molecule has 31 heavy (non-hydrogen) atoms. The Labute approximate surface area is 223 Å². The summed E-state index contributed by atoms with van der Waals surface area (Å²) in [6.07, 6.45) is -2.39. The van der Waals surface area contributed by atoms with Crippen molar-refractivity contribution in [1.82, 2.24) is 10.6 Å². The van der Waals surface area contributed by atoms with Crippen LogP contribution < -0.4 is 16.0 Å². The number of hydrogen-bond donors (Lipinski definition) is 8. The first-order chi connectivity index (χ1) is 15.7. The smallest absolute Gasteiger partial charge is 0.253 e. The van der Waals surface area contributed by atoms with Crippen molar-refractivity contribution in [3.05, 3.63) is 21.8 Å². The number of carbonyl (C=O) groups is 3. The molecule has 14 heteroatoms. The van der Waals surface area contributed by atoms with E-state index < -0.39 is 69.2 Å². The highest BCUT2D eigenvalue weighted by Gasteiger charge is 2.30. The van der Waals surface area contributed by atoms with Crippen LogP contribution >= 0.6 is 67.8 Å². The molecule has 1 rings (SSSR count). The number of nitrogens with one attached hydrogen (secondary N) is 3. The van der Waals surface area contributed by atoms with E-state index in [9.17, 15) is 39.9 Å². The number of benzene rings is 1. The molecule has 0 saturated heterocycles. The van der Waals surface area contributed by atoms with Gasteiger partial charge >= 0.3 is 0 Å². The fourth-order valence-corrected chi connectivity index (χ4v) is 6.59. The number of aliphatic hydroxyl groups is 5. The summed E-state index contributed by atoms with van der Waals surface area (Å²) in [6.45, 7) is -5.38. The van der Waals surface area contributed by atoms with E-state index in [1.54, 1.807) is 67.8 Å². The average molecular weight is 780 g/mol. The van der Waals surface area contributed by atoms with Gasteiger partial charge in [-0.15, -0.1) is 0 Å². The number of hydrogen-bond acceptors (Lipinski definition) is 8. The molecule has 174 valence electrons. The summed E-state index contributed by atoms with van der Waals surface area (Å²) in [5, 5.41) is 53.9. The second kappa shape index (κ2) is 13.4. The molecule has 1 aromatic carbocycles. The molecule has 0 heterocycles. The van der Waals surface area contributed by atoms with Gasteiger partial charge in [-0.05, 0) is 74.6 Å². The van der Waals surface area contributed by atoms with Gasteiger partial charge in [-0.1, -0.05) is 0 Å². The fraction of sp³-hybridized carbons (Fsp3) is 0.471. The Bertz CT molecular complexity index is 874. The van der Waals surface area contributed by atoms with Crippen LogP contribution in [-0.2, 0) is 4.79 Å². The van der Waals surface area contributed by atoms with E-state index in [0.717, 1.165) is 0 Å². The first kappa shape index (κ1) is 23.8. The van der Waals surface area contributed by atoms with E-state index in [1.807, 2.05) is 0 Å². The summed E-state index contributed by atoms with van der Waals surface area (Å²) in [6, 6.07) is -2.06. The Morgan fingerprint density at radius 1 is 0.839 bits per heavy atom. The standard InChI is InChI=1S/C17H22I3N3O8/c1-6(28)15(29)23-14-12(19)9(16(30)21-7(2-24)3-25)11(18)10(13(14)20)17(31)22-8(4-26)5-27/h6-8,24-28H,2-5H2,1H3,(H,21,30)(H,22,31)(H,23,29)/t6-/m1/s1/i1D3.